The summed E-state index contributed by atoms with van der Waals surface area (Å²) in [6.07, 6.45) is 1.54. The number of H-pyrrole nitrogens is 1. The monoisotopic (exact) mass is 389 g/mol. The molecule has 1 aromatic carbocycles. The Morgan fingerprint density at radius 2 is 2.07 bits per heavy atom. The van der Waals surface area contributed by atoms with E-state index in [2.05, 4.69) is 10.2 Å². The molecular weight excluding hydrogens is 366 g/mol. The lowest BCUT2D eigenvalue weighted by Gasteiger charge is -2.40. The first-order valence-electron chi connectivity index (χ1n) is 8.86. The van der Waals surface area contributed by atoms with Crippen molar-refractivity contribution in [1.82, 2.24) is 24.9 Å². The molecule has 0 radical (unpaired) electrons. The largest absolute Gasteiger partial charge is 0.340 e. The first-order chi connectivity index (χ1) is 12.9. The number of aryl methyl sites for hydroxylation is 1. The van der Waals surface area contributed by atoms with Crippen LogP contribution >= 0.6 is 11.6 Å². The molecule has 0 bridgehead atoms. The van der Waals surface area contributed by atoms with E-state index in [0.29, 0.717) is 36.8 Å². The van der Waals surface area contributed by atoms with Crippen LogP contribution in [-0.4, -0.2) is 76.5 Å². The number of benzene rings is 1. The van der Waals surface area contributed by atoms with Crippen LogP contribution in [0.3, 0.4) is 0 Å². The molecule has 0 unspecified atom stereocenters. The molecule has 2 heterocycles. The van der Waals surface area contributed by atoms with Crippen molar-refractivity contribution in [2.24, 2.45) is 0 Å². The van der Waals surface area contributed by atoms with Gasteiger partial charge in [-0.3, -0.25) is 19.6 Å². The average molecular weight is 390 g/mol. The van der Waals surface area contributed by atoms with Gasteiger partial charge >= 0.3 is 0 Å². The van der Waals surface area contributed by atoms with Crippen molar-refractivity contribution in [3.05, 3.63) is 52.3 Å². The molecule has 1 aromatic heterocycles. The number of halogens is 1. The van der Waals surface area contributed by atoms with Crippen LogP contribution in [0.25, 0.3) is 0 Å². The fraction of sp³-hybridized carbons (Fsp3) is 0.421. The number of nitrogens with zero attached hydrogens (tertiary/aromatic N) is 4. The first kappa shape index (κ1) is 19.4. The van der Waals surface area contributed by atoms with Gasteiger partial charge in [-0.1, -0.05) is 29.8 Å². The third-order valence-corrected chi connectivity index (χ3v) is 5.39. The topological polar surface area (TPSA) is 72.5 Å². The molecule has 144 valence electrons. The second-order valence-electron chi connectivity index (χ2n) is 6.94. The Labute approximate surface area is 163 Å². The Hall–Kier alpha value is -2.38. The van der Waals surface area contributed by atoms with Gasteiger partial charge < -0.3 is 9.80 Å². The summed E-state index contributed by atoms with van der Waals surface area (Å²) in [7, 11) is 3.68. The zero-order valence-corrected chi connectivity index (χ0v) is 16.5. The zero-order valence-electron chi connectivity index (χ0n) is 15.8. The zero-order chi connectivity index (χ0) is 19.6. The standard InChI is InChI=1S/C19H24ClN5O2/c1-13-15(10-21-22-13)18(26)25-9-8-23(2)17(12-25)19(27)24(3)11-14-6-4-5-7-16(14)20/h4-7,10,17H,8-9,11-12H2,1-3H3,(H,21,22)/t17-/m1/s1. The number of likely N-dealkylation sites (N-methyl/N-ethyl adjacent to an activating group) is 2. The van der Waals surface area contributed by atoms with Crippen LogP contribution in [0.4, 0.5) is 0 Å². The van der Waals surface area contributed by atoms with E-state index in [4.69, 9.17) is 11.6 Å². The maximum absolute atomic E-state index is 13.0. The Kier molecular flexibility index (Phi) is 5.82. The Morgan fingerprint density at radius 3 is 2.74 bits per heavy atom. The van der Waals surface area contributed by atoms with Crippen LogP contribution in [0.5, 0.6) is 0 Å². The number of hydrogen-bond acceptors (Lipinski definition) is 4. The fourth-order valence-corrected chi connectivity index (χ4v) is 3.47. The third-order valence-electron chi connectivity index (χ3n) is 5.02. The average Bonchev–Trinajstić information content (AvgIpc) is 3.08. The van der Waals surface area contributed by atoms with Crippen molar-refractivity contribution >= 4 is 23.4 Å². The van der Waals surface area contributed by atoms with Gasteiger partial charge in [-0.25, -0.2) is 0 Å². The Bertz CT molecular complexity index is 837. The number of piperazine rings is 1. The lowest BCUT2D eigenvalue weighted by Crippen LogP contribution is -2.58. The summed E-state index contributed by atoms with van der Waals surface area (Å²) in [5.74, 6) is -0.125. The molecule has 1 aliphatic heterocycles. The molecule has 0 saturated carbocycles. The smallest absolute Gasteiger partial charge is 0.257 e. The molecule has 8 heteroatoms. The molecule has 1 aliphatic rings. The van der Waals surface area contributed by atoms with Crippen LogP contribution in [0.15, 0.2) is 30.5 Å². The maximum Gasteiger partial charge on any atom is 0.257 e. The van der Waals surface area contributed by atoms with E-state index >= 15 is 0 Å². The summed E-state index contributed by atoms with van der Waals surface area (Å²) >= 11 is 6.21. The summed E-state index contributed by atoms with van der Waals surface area (Å²) in [6, 6.07) is 7.11. The van der Waals surface area contributed by atoms with Gasteiger partial charge in [0.25, 0.3) is 5.91 Å². The van der Waals surface area contributed by atoms with Crippen LogP contribution in [0, 0.1) is 6.92 Å². The van der Waals surface area contributed by atoms with Crippen molar-refractivity contribution < 1.29 is 9.59 Å². The summed E-state index contributed by atoms with van der Waals surface area (Å²) in [5.41, 5.74) is 2.18. The van der Waals surface area contributed by atoms with E-state index in [9.17, 15) is 9.59 Å². The Morgan fingerprint density at radius 1 is 1.33 bits per heavy atom. The minimum atomic E-state index is -0.387. The molecule has 1 atom stereocenters. The number of nitrogens with one attached hydrogen (secondary N) is 1. The molecule has 1 fully saturated rings. The molecular formula is C19H24ClN5O2. The molecule has 1 saturated heterocycles. The first-order valence-corrected chi connectivity index (χ1v) is 9.24. The third kappa shape index (κ3) is 4.14. The maximum atomic E-state index is 13.0. The molecule has 2 amide bonds. The molecule has 0 spiro atoms. The van der Waals surface area contributed by atoms with Gasteiger partial charge in [0, 0.05) is 43.9 Å². The summed E-state index contributed by atoms with van der Waals surface area (Å²) < 4.78 is 0. The summed E-state index contributed by atoms with van der Waals surface area (Å²) in [4.78, 5) is 31.2. The molecule has 3 rings (SSSR count). The van der Waals surface area contributed by atoms with Gasteiger partial charge in [-0.15, -0.1) is 0 Å². The van der Waals surface area contributed by atoms with Gasteiger partial charge in [-0.05, 0) is 25.6 Å². The quantitative estimate of drug-likeness (QED) is 0.865. The van der Waals surface area contributed by atoms with Gasteiger partial charge in [-0.2, -0.15) is 5.10 Å². The number of aromatic nitrogens is 2. The van der Waals surface area contributed by atoms with Crippen LogP contribution < -0.4 is 0 Å². The van der Waals surface area contributed by atoms with E-state index < -0.39 is 0 Å². The van der Waals surface area contributed by atoms with Gasteiger partial charge in [0.2, 0.25) is 5.91 Å². The molecule has 2 aromatic rings. The highest BCUT2D eigenvalue weighted by atomic mass is 35.5. The lowest BCUT2D eigenvalue weighted by atomic mass is 10.1. The van der Waals surface area contributed by atoms with E-state index in [0.717, 1.165) is 11.3 Å². The normalized spacial score (nSPS) is 17.8. The summed E-state index contributed by atoms with van der Waals surface area (Å²) in [6.45, 7) is 3.82. The number of amides is 2. The van der Waals surface area contributed by atoms with Crippen LogP contribution in [-0.2, 0) is 11.3 Å². The Balaban J connectivity index is 1.70. The molecule has 1 N–H and O–H groups in total. The molecule has 7 nitrogen and oxygen atoms in total. The van der Waals surface area contributed by atoms with Crippen molar-refractivity contribution in [3.63, 3.8) is 0 Å². The highest BCUT2D eigenvalue weighted by Gasteiger charge is 2.34. The predicted octanol–water partition coefficient (Wildman–Crippen LogP) is 1.79. The van der Waals surface area contributed by atoms with Crippen molar-refractivity contribution in [3.8, 4) is 0 Å². The minimum Gasteiger partial charge on any atom is -0.340 e. The molecule has 27 heavy (non-hydrogen) atoms. The number of rotatable bonds is 4. The minimum absolute atomic E-state index is 0.0289. The van der Waals surface area contributed by atoms with E-state index in [-0.39, 0.29) is 17.9 Å². The van der Waals surface area contributed by atoms with Gasteiger partial charge in [0.1, 0.15) is 6.04 Å². The van der Waals surface area contributed by atoms with Gasteiger partial charge in [0.05, 0.1) is 11.8 Å². The highest BCUT2D eigenvalue weighted by Crippen LogP contribution is 2.19. The van der Waals surface area contributed by atoms with Crippen molar-refractivity contribution in [1.29, 1.82) is 0 Å². The van der Waals surface area contributed by atoms with Crippen LogP contribution in [0.2, 0.25) is 5.02 Å². The number of carbonyl (C=O) groups excluding carboxylic acids is 2. The number of hydrogen-bond donors (Lipinski definition) is 1. The van der Waals surface area contributed by atoms with E-state index in [1.807, 2.05) is 43.1 Å². The second kappa shape index (κ2) is 8.10. The highest BCUT2D eigenvalue weighted by molar-refractivity contribution is 6.31. The number of carbonyl (C=O) groups is 2. The summed E-state index contributed by atoms with van der Waals surface area (Å²) in [5, 5.41) is 7.35. The second-order valence-corrected chi connectivity index (χ2v) is 7.35. The van der Waals surface area contributed by atoms with Gasteiger partial charge in [0.15, 0.2) is 0 Å². The fourth-order valence-electron chi connectivity index (χ4n) is 3.28. The lowest BCUT2D eigenvalue weighted by molar-refractivity contribution is -0.137. The predicted molar refractivity (Wildman–Crippen MR) is 104 cm³/mol. The van der Waals surface area contributed by atoms with Crippen molar-refractivity contribution in [2.75, 3.05) is 33.7 Å². The SMILES string of the molecule is Cc1[nH]ncc1C(=O)N1CCN(C)[C@@H](C(=O)N(C)Cc2ccccc2Cl)C1. The number of aromatic amines is 1. The molecule has 0 aliphatic carbocycles. The van der Waals surface area contributed by atoms with E-state index in [1.54, 1.807) is 16.8 Å². The van der Waals surface area contributed by atoms with E-state index in [1.165, 1.54) is 6.20 Å². The van der Waals surface area contributed by atoms with Crippen molar-refractivity contribution in [2.45, 2.75) is 19.5 Å². The van der Waals surface area contributed by atoms with Crippen LogP contribution in [0.1, 0.15) is 21.6 Å².